The Labute approximate surface area is 384 Å². The summed E-state index contributed by atoms with van der Waals surface area (Å²) in [6.07, 6.45) is 9.97. The van der Waals surface area contributed by atoms with Crippen molar-refractivity contribution in [3.63, 3.8) is 0 Å². The smallest absolute Gasteiger partial charge is 0.489 e. The van der Waals surface area contributed by atoms with Crippen LogP contribution < -0.4 is 19.9 Å². The van der Waals surface area contributed by atoms with Crippen molar-refractivity contribution in [3.8, 4) is 35.4 Å². The van der Waals surface area contributed by atoms with Crippen molar-refractivity contribution in [2.24, 2.45) is 0 Å². The summed E-state index contributed by atoms with van der Waals surface area (Å²) in [5.74, 6) is 1.50. The fraction of sp³-hybridized carbons (Fsp3) is 0.480. The van der Waals surface area contributed by atoms with Crippen LogP contribution in [0.2, 0.25) is 0 Å². The Bertz CT molecular complexity index is 2710. The molecule has 5 aromatic rings. The number of hydrogen-bond acceptors (Lipinski definition) is 11. The molecule has 0 unspecified atom stereocenters. The van der Waals surface area contributed by atoms with Crippen LogP contribution in [0.25, 0.3) is 32.9 Å². The molecule has 0 aliphatic carbocycles. The van der Waals surface area contributed by atoms with Crippen molar-refractivity contribution in [2.75, 3.05) is 37.8 Å². The summed E-state index contributed by atoms with van der Waals surface area (Å²) in [5, 5.41) is 4.14. The van der Waals surface area contributed by atoms with E-state index in [1.54, 1.807) is 44.0 Å². The highest BCUT2D eigenvalue weighted by Gasteiger charge is 2.52. The summed E-state index contributed by atoms with van der Waals surface area (Å²) in [7, 11) is -0.519. The molecule has 3 aromatic carbocycles. The first-order valence-electron chi connectivity index (χ1n) is 22.8. The fourth-order valence-corrected chi connectivity index (χ4v) is 9.53. The molecule has 6 heterocycles. The lowest BCUT2D eigenvalue weighted by Crippen LogP contribution is -2.49. The number of benzene rings is 3. The van der Waals surface area contributed by atoms with Gasteiger partial charge in [-0.25, -0.2) is 23.0 Å². The molecule has 0 bridgehead atoms. The van der Waals surface area contributed by atoms with E-state index in [-0.39, 0.29) is 58.2 Å². The predicted octanol–water partition coefficient (Wildman–Crippen LogP) is 9.08. The van der Waals surface area contributed by atoms with Gasteiger partial charge in [0.05, 0.1) is 27.7 Å². The van der Waals surface area contributed by atoms with Crippen molar-refractivity contribution in [2.45, 2.75) is 122 Å². The van der Waals surface area contributed by atoms with E-state index >= 15 is 8.78 Å². The van der Waals surface area contributed by atoms with E-state index in [2.05, 4.69) is 20.8 Å². The Morgan fingerprint density at radius 3 is 2.42 bits per heavy atom. The van der Waals surface area contributed by atoms with Crippen molar-refractivity contribution in [3.05, 3.63) is 77.5 Å². The lowest BCUT2D eigenvalue weighted by molar-refractivity contribution is 0.00578. The van der Waals surface area contributed by atoms with Crippen LogP contribution in [0.1, 0.15) is 98.1 Å². The first-order chi connectivity index (χ1) is 31.3. The van der Waals surface area contributed by atoms with Gasteiger partial charge in [-0.15, -0.1) is 6.42 Å². The van der Waals surface area contributed by atoms with Crippen molar-refractivity contribution in [1.29, 1.82) is 0 Å². The van der Waals surface area contributed by atoms with Crippen LogP contribution in [0.3, 0.4) is 0 Å². The van der Waals surface area contributed by atoms with Gasteiger partial charge in [0, 0.05) is 43.2 Å². The number of rotatable bonds is 9. The van der Waals surface area contributed by atoms with Crippen LogP contribution in [0, 0.1) is 24.0 Å². The summed E-state index contributed by atoms with van der Waals surface area (Å²) < 4.78 is 79.1. The molecule has 4 saturated heterocycles. The second kappa shape index (κ2) is 17.2. The van der Waals surface area contributed by atoms with Gasteiger partial charge in [0.2, 0.25) is 0 Å². The van der Waals surface area contributed by atoms with Gasteiger partial charge < -0.3 is 23.5 Å². The van der Waals surface area contributed by atoms with E-state index in [1.807, 2.05) is 52.0 Å². The number of aromatic nitrogens is 3. The number of hydrogen-bond donors (Lipinski definition) is 0. The van der Waals surface area contributed by atoms with Gasteiger partial charge in [-0.2, -0.15) is 9.97 Å². The zero-order valence-corrected chi connectivity index (χ0v) is 38.7. The first kappa shape index (κ1) is 45.5. The predicted molar refractivity (Wildman–Crippen MR) is 247 cm³/mol. The van der Waals surface area contributed by atoms with Gasteiger partial charge in [0.25, 0.3) is 0 Å². The zero-order chi connectivity index (χ0) is 46.8. The van der Waals surface area contributed by atoms with E-state index in [0.29, 0.717) is 50.0 Å². The molecule has 0 spiro atoms. The van der Waals surface area contributed by atoms with Crippen LogP contribution in [0.5, 0.6) is 11.8 Å². The van der Waals surface area contributed by atoms with E-state index < -0.39 is 53.4 Å². The number of carbonyl (C=O) groups excluding carboxylic acids is 1. The number of terminal acetylenes is 1. The SMILES string of the molecule is C#Cc1c(F)ccc2cc(OCc3ccc(B4OC(C)(C)C(C)(C)O4)cc3)cc(-c3ncc4c(N5CCCCCN5C(=O)OC(C)(C)C)nc(OC[C@@]56CCCN5C[C@H](F)C6)nc4c3F)c12. The second-order valence-electron chi connectivity index (χ2n) is 19.9. The number of fused-ring (bicyclic) bond motifs is 3. The highest BCUT2D eigenvalue weighted by molar-refractivity contribution is 6.62. The maximum absolute atomic E-state index is 17.8. The van der Waals surface area contributed by atoms with E-state index in [9.17, 15) is 9.18 Å². The minimum absolute atomic E-state index is 0.0679. The highest BCUT2D eigenvalue weighted by atomic mass is 19.1. The zero-order valence-electron chi connectivity index (χ0n) is 38.7. The lowest BCUT2D eigenvalue weighted by atomic mass is 9.79. The molecule has 0 radical (unpaired) electrons. The number of alkyl halides is 1. The van der Waals surface area contributed by atoms with E-state index in [0.717, 1.165) is 36.8 Å². The number of amides is 1. The third-order valence-corrected chi connectivity index (χ3v) is 13.6. The average molecular weight is 905 g/mol. The van der Waals surface area contributed by atoms with Crippen molar-refractivity contribution in [1.82, 2.24) is 24.9 Å². The molecule has 2 atom stereocenters. The largest absolute Gasteiger partial charge is 0.494 e. The van der Waals surface area contributed by atoms with Crippen molar-refractivity contribution >= 4 is 46.2 Å². The molecule has 66 heavy (non-hydrogen) atoms. The molecule has 4 aliphatic rings. The van der Waals surface area contributed by atoms with E-state index in [4.69, 9.17) is 34.9 Å². The minimum atomic E-state index is -0.993. The molecule has 2 aromatic heterocycles. The number of hydrazine groups is 1. The molecule has 12 nitrogen and oxygen atoms in total. The molecule has 0 saturated carbocycles. The Morgan fingerprint density at radius 2 is 1.70 bits per heavy atom. The maximum atomic E-state index is 17.8. The number of anilines is 1. The normalized spacial score (nSPS) is 21.8. The van der Waals surface area contributed by atoms with Gasteiger partial charge in [-0.1, -0.05) is 36.3 Å². The topological polar surface area (TPSA) is 112 Å². The number of ether oxygens (including phenoxy) is 3. The van der Waals surface area contributed by atoms with Crippen LogP contribution in [-0.2, 0) is 20.7 Å². The van der Waals surface area contributed by atoms with Gasteiger partial charge in [0.1, 0.15) is 47.8 Å². The number of halogens is 3. The first-order valence-corrected chi connectivity index (χ1v) is 22.8. The highest BCUT2D eigenvalue weighted by Crippen LogP contribution is 2.43. The molecule has 16 heteroatoms. The lowest BCUT2D eigenvalue weighted by Gasteiger charge is -2.36. The van der Waals surface area contributed by atoms with E-state index in [1.165, 1.54) is 17.3 Å². The number of carbonyl (C=O) groups is 1. The third kappa shape index (κ3) is 8.61. The molecule has 4 aliphatic heterocycles. The minimum Gasteiger partial charge on any atom is -0.489 e. The summed E-state index contributed by atoms with van der Waals surface area (Å²) in [4.78, 5) is 30.1. The average Bonchev–Trinajstić information content (AvgIpc) is 3.77. The quantitative estimate of drug-likeness (QED) is 0.104. The summed E-state index contributed by atoms with van der Waals surface area (Å²) in [6.45, 7) is 15.4. The van der Waals surface area contributed by atoms with Crippen LogP contribution in [0.15, 0.2) is 54.7 Å². The molecular formula is C50H56BF3N6O6. The molecule has 0 N–H and O–H groups in total. The molecule has 1 amide bonds. The summed E-state index contributed by atoms with van der Waals surface area (Å²) in [5.41, 5.74) is -0.792. The van der Waals surface area contributed by atoms with Gasteiger partial charge >= 0.3 is 19.2 Å². The third-order valence-electron chi connectivity index (χ3n) is 13.6. The Balaban J connectivity index is 1.12. The Hall–Kier alpha value is -5.63. The van der Waals surface area contributed by atoms with Gasteiger partial charge in [0.15, 0.2) is 11.6 Å². The molecule has 9 rings (SSSR count). The van der Waals surface area contributed by atoms with Crippen LogP contribution in [0.4, 0.5) is 23.8 Å². The Morgan fingerprint density at radius 1 is 0.955 bits per heavy atom. The van der Waals surface area contributed by atoms with Crippen molar-refractivity contribution < 1.29 is 41.5 Å². The fourth-order valence-electron chi connectivity index (χ4n) is 9.53. The molecule has 4 fully saturated rings. The molecule has 346 valence electrons. The van der Waals surface area contributed by atoms with Crippen LogP contribution in [-0.4, -0.2) is 99.4 Å². The number of nitrogens with zero attached hydrogens (tertiary/aromatic N) is 6. The monoisotopic (exact) mass is 904 g/mol. The summed E-state index contributed by atoms with van der Waals surface area (Å²) >= 11 is 0. The van der Waals surface area contributed by atoms with Gasteiger partial charge in [-0.05, 0) is 122 Å². The maximum Gasteiger partial charge on any atom is 0.494 e. The number of pyridine rings is 1. The summed E-state index contributed by atoms with van der Waals surface area (Å²) in [6, 6.07) is 13.7. The van der Waals surface area contributed by atoms with Crippen LogP contribution >= 0.6 is 0 Å². The Kier molecular flexibility index (Phi) is 11.9. The van der Waals surface area contributed by atoms with Gasteiger partial charge in [-0.3, -0.25) is 14.9 Å². The second-order valence-corrected chi connectivity index (χ2v) is 19.9. The standard InChI is InChI=1S/C50H56BF3N6O6/c1-9-36-39(53)19-16-32-24-35(62-29-31-14-17-33(18-15-31)51-65-48(5,6)49(7,8)66-51)25-37(40(32)36)42-41(54)43-38(27-55-42)44(59-22-11-10-12-23-60(59)46(61)64-47(2,3)4)57-45(56-43)63-30-50-20-13-21-58(50)28-34(52)26-50/h1,14-19,24-25,27,34H,10-13,20-23,26,28-30H2,2-8H3/t34-,50+/m1/s1. The molecular weight excluding hydrogens is 848 g/mol.